The standard InChI is InChI=1S/C14H16N4O2/c15-8-7-11(16)9-1-3-10(4-2-9)17-14(20)12-5-6-13(19)18-12/h1-4,7-8,12,15H,5-6,16H2,(H,17,20)(H,18,19)/t12-/m1/s1. The molecule has 1 fully saturated rings. The molecule has 0 spiro atoms. The first-order valence-corrected chi connectivity index (χ1v) is 6.27. The summed E-state index contributed by atoms with van der Waals surface area (Å²) in [7, 11) is 0. The normalized spacial score (nSPS) is 18.5. The topological polar surface area (TPSA) is 108 Å². The maximum Gasteiger partial charge on any atom is 0.246 e. The van der Waals surface area contributed by atoms with Gasteiger partial charge in [0, 0.05) is 24.0 Å². The van der Waals surface area contributed by atoms with Gasteiger partial charge in [0.1, 0.15) is 6.04 Å². The van der Waals surface area contributed by atoms with Crippen molar-refractivity contribution in [2.45, 2.75) is 18.9 Å². The number of nitrogens with two attached hydrogens (primary N) is 1. The van der Waals surface area contributed by atoms with E-state index in [0.717, 1.165) is 11.8 Å². The molecule has 6 heteroatoms. The Bertz CT molecular complexity index is 563. The van der Waals surface area contributed by atoms with Crippen LogP contribution >= 0.6 is 0 Å². The van der Waals surface area contributed by atoms with Crippen LogP contribution in [-0.2, 0) is 9.59 Å². The molecule has 6 nitrogen and oxygen atoms in total. The van der Waals surface area contributed by atoms with Crippen LogP contribution in [0, 0.1) is 5.41 Å². The van der Waals surface area contributed by atoms with Crippen LogP contribution in [0.25, 0.3) is 5.70 Å². The first kappa shape index (κ1) is 13.8. The minimum Gasteiger partial charge on any atom is -0.398 e. The highest BCUT2D eigenvalue weighted by Gasteiger charge is 2.26. The van der Waals surface area contributed by atoms with Crippen LogP contribution in [0.3, 0.4) is 0 Å². The highest BCUT2D eigenvalue weighted by molar-refractivity contribution is 5.99. The summed E-state index contributed by atoms with van der Waals surface area (Å²) in [5, 5.41) is 12.3. The molecule has 1 saturated heterocycles. The molecule has 1 aliphatic rings. The fraction of sp³-hybridized carbons (Fsp3) is 0.214. The van der Waals surface area contributed by atoms with E-state index in [1.165, 1.54) is 6.08 Å². The first-order chi connectivity index (χ1) is 9.60. The lowest BCUT2D eigenvalue weighted by Crippen LogP contribution is -2.37. The van der Waals surface area contributed by atoms with Crippen LogP contribution in [-0.4, -0.2) is 24.1 Å². The predicted molar refractivity (Wildman–Crippen MR) is 77.2 cm³/mol. The van der Waals surface area contributed by atoms with Gasteiger partial charge in [0.05, 0.1) is 0 Å². The number of allylic oxidation sites excluding steroid dienone is 1. The molecule has 0 bridgehead atoms. The van der Waals surface area contributed by atoms with Crippen molar-refractivity contribution in [2.24, 2.45) is 5.73 Å². The molecule has 104 valence electrons. The van der Waals surface area contributed by atoms with Crippen LogP contribution in [0.5, 0.6) is 0 Å². The van der Waals surface area contributed by atoms with Crippen molar-refractivity contribution < 1.29 is 9.59 Å². The molecule has 2 amide bonds. The zero-order valence-corrected chi connectivity index (χ0v) is 10.8. The zero-order valence-electron chi connectivity index (χ0n) is 10.8. The number of carbonyl (C=O) groups excluding carboxylic acids is 2. The molecule has 1 aromatic carbocycles. The van der Waals surface area contributed by atoms with E-state index in [1.54, 1.807) is 24.3 Å². The van der Waals surface area contributed by atoms with Gasteiger partial charge in [-0.05, 0) is 30.2 Å². The molecule has 1 aromatic rings. The molecular weight excluding hydrogens is 256 g/mol. The maximum absolute atomic E-state index is 11.9. The molecule has 5 N–H and O–H groups in total. The van der Waals surface area contributed by atoms with Gasteiger partial charge in [0.25, 0.3) is 0 Å². The lowest BCUT2D eigenvalue weighted by atomic mass is 10.1. The Labute approximate surface area is 116 Å². The Morgan fingerprint density at radius 3 is 2.65 bits per heavy atom. The van der Waals surface area contributed by atoms with Crippen molar-refractivity contribution in [3.8, 4) is 0 Å². The molecule has 0 unspecified atom stereocenters. The highest BCUT2D eigenvalue weighted by atomic mass is 16.2. The Hall–Kier alpha value is -2.63. The van der Waals surface area contributed by atoms with Crippen molar-refractivity contribution in [1.82, 2.24) is 5.32 Å². The van der Waals surface area contributed by atoms with E-state index >= 15 is 0 Å². The van der Waals surface area contributed by atoms with Crippen molar-refractivity contribution >= 4 is 29.4 Å². The quantitative estimate of drug-likeness (QED) is 0.610. The molecule has 1 atom stereocenters. The summed E-state index contributed by atoms with van der Waals surface area (Å²) < 4.78 is 0. The third kappa shape index (κ3) is 3.23. The Kier molecular flexibility index (Phi) is 4.14. The van der Waals surface area contributed by atoms with Crippen LogP contribution in [0.4, 0.5) is 5.69 Å². The Morgan fingerprint density at radius 2 is 2.10 bits per heavy atom. The number of hydrogen-bond acceptors (Lipinski definition) is 4. The van der Waals surface area contributed by atoms with Crippen molar-refractivity contribution in [3.05, 3.63) is 35.9 Å². The average Bonchev–Trinajstić information content (AvgIpc) is 2.86. The fourth-order valence-corrected chi connectivity index (χ4v) is 1.97. The summed E-state index contributed by atoms with van der Waals surface area (Å²) in [6.07, 6.45) is 3.52. The second-order valence-corrected chi connectivity index (χ2v) is 4.51. The van der Waals surface area contributed by atoms with Crippen LogP contribution < -0.4 is 16.4 Å². The van der Waals surface area contributed by atoms with Crippen LogP contribution in [0.2, 0.25) is 0 Å². The summed E-state index contributed by atoms with van der Waals surface area (Å²) >= 11 is 0. The first-order valence-electron chi connectivity index (χ1n) is 6.27. The minimum absolute atomic E-state index is 0.0925. The Morgan fingerprint density at radius 1 is 1.40 bits per heavy atom. The minimum atomic E-state index is -0.454. The monoisotopic (exact) mass is 272 g/mol. The molecule has 1 aliphatic heterocycles. The number of anilines is 1. The van der Waals surface area contributed by atoms with Crippen molar-refractivity contribution in [2.75, 3.05) is 5.32 Å². The summed E-state index contributed by atoms with van der Waals surface area (Å²) in [6.45, 7) is 0. The van der Waals surface area contributed by atoms with Gasteiger partial charge in [0.15, 0.2) is 0 Å². The van der Waals surface area contributed by atoms with Gasteiger partial charge in [-0.2, -0.15) is 0 Å². The molecular formula is C14H16N4O2. The summed E-state index contributed by atoms with van der Waals surface area (Å²) in [6, 6.07) is 6.53. The molecule has 0 radical (unpaired) electrons. The van der Waals surface area contributed by atoms with Gasteiger partial charge < -0.3 is 21.8 Å². The van der Waals surface area contributed by atoms with E-state index in [9.17, 15) is 9.59 Å². The maximum atomic E-state index is 11.9. The average molecular weight is 272 g/mol. The predicted octanol–water partition coefficient (Wildman–Crippen LogP) is 0.853. The number of rotatable bonds is 4. The van der Waals surface area contributed by atoms with Crippen molar-refractivity contribution in [1.29, 1.82) is 5.41 Å². The van der Waals surface area contributed by atoms with Gasteiger partial charge in [-0.15, -0.1) is 0 Å². The molecule has 20 heavy (non-hydrogen) atoms. The zero-order chi connectivity index (χ0) is 14.5. The molecule has 0 aromatic heterocycles. The van der Waals surface area contributed by atoms with Gasteiger partial charge in [0.2, 0.25) is 11.8 Å². The number of carbonyl (C=O) groups is 2. The number of nitrogens with one attached hydrogen (secondary N) is 3. The van der Waals surface area contributed by atoms with E-state index in [2.05, 4.69) is 10.6 Å². The largest absolute Gasteiger partial charge is 0.398 e. The second kappa shape index (κ2) is 6.01. The molecule has 2 rings (SSSR count). The van der Waals surface area contributed by atoms with Crippen LogP contribution in [0.15, 0.2) is 30.3 Å². The molecule has 1 heterocycles. The van der Waals surface area contributed by atoms with E-state index in [-0.39, 0.29) is 11.8 Å². The van der Waals surface area contributed by atoms with Crippen LogP contribution in [0.1, 0.15) is 18.4 Å². The van der Waals surface area contributed by atoms with E-state index in [4.69, 9.17) is 11.1 Å². The summed E-state index contributed by atoms with van der Waals surface area (Å²) in [5.74, 6) is -0.309. The third-order valence-electron chi connectivity index (χ3n) is 3.06. The fourth-order valence-electron chi connectivity index (χ4n) is 1.97. The lowest BCUT2D eigenvalue weighted by molar-refractivity contribution is -0.122. The third-order valence-corrected chi connectivity index (χ3v) is 3.06. The van der Waals surface area contributed by atoms with Gasteiger partial charge in [-0.3, -0.25) is 9.59 Å². The second-order valence-electron chi connectivity index (χ2n) is 4.51. The smallest absolute Gasteiger partial charge is 0.246 e. The van der Waals surface area contributed by atoms with Gasteiger partial charge >= 0.3 is 0 Å². The van der Waals surface area contributed by atoms with E-state index < -0.39 is 6.04 Å². The van der Waals surface area contributed by atoms with E-state index in [1.807, 2.05) is 0 Å². The SMILES string of the molecule is N=CC=C(N)c1ccc(NC(=O)[C@H]2CCC(=O)N2)cc1. The number of hydrogen-bond donors (Lipinski definition) is 4. The van der Waals surface area contributed by atoms with E-state index in [0.29, 0.717) is 24.2 Å². The summed E-state index contributed by atoms with van der Waals surface area (Å²) in [5.41, 5.74) is 7.65. The lowest BCUT2D eigenvalue weighted by Gasteiger charge is -2.11. The number of amides is 2. The molecule has 0 aliphatic carbocycles. The van der Waals surface area contributed by atoms with Gasteiger partial charge in [-0.25, -0.2) is 0 Å². The highest BCUT2D eigenvalue weighted by Crippen LogP contribution is 2.15. The van der Waals surface area contributed by atoms with Gasteiger partial charge in [-0.1, -0.05) is 12.1 Å². The molecule has 0 saturated carbocycles. The summed E-state index contributed by atoms with van der Waals surface area (Å²) in [4.78, 5) is 23.0. The number of benzene rings is 1. The Balaban J connectivity index is 2.00. The van der Waals surface area contributed by atoms with Crippen molar-refractivity contribution in [3.63, 3.8) is 0 Å².